The second kappa shape index (κ2) is 5.03. The van der Waals surface area contributed by atoms with Crippen molar-refractivity contribution in [2.24, 2.45) is 0 Å². The van der Waals surface area contributed by atoms with Gasteiger partial charge in [-0.2, -0.15) is 0 Å². The summed E-state index contributed by atoms with van der Waals surface area (Å²) >= 11 is 0. The summed E-state index contributed by atoms with van der Waals surface area (Å²) in [5.41, 5.74) is 4.64. The molecule has 0 amide bonds. The molecule has 0 aliphatic heterocycles. The van der Waals surface area contributed by atoms with E-state index in [1.54, 1.807) is 0 Å². The zero-order valence-corrected chi connectivity index (χ0v) is 9.35. The van der Waals surface area contributed by atoms with Crippen LogP contribution < -0.4 is 10.5 Å². The van der Waals surface area contributed by atoms with Crippen LogP contribution in [0.5, 0.6) is 0 Å². The summed E-state index contributed by atoms with van der Waals surface area (Å²) in [4.78, 5) is 12.8. The van der Waals surface area contributed by atoms with Crippen LogP contribution in [0.2, 0.25) is 0 Å². The largest absolute Gasteiger partial charge is 0.395 e. The van der Waals surface area contributed by atoms with E-state index in [4.69, 9.17) is 10.8 Å². The van der Waals surface area contributed by atoms with Crippen molar-refractivity contribution in [3.05, 3.63) is 22.4 Å². The number of pyridine rings is 1. The van der Waals surface area contributed by atoms with Gasteiger partial charge in [0.15, 0.2) is 0 Å². The third kappa shape index (κ3) is 3.09. The van der Waals surface area contributed by atoms with Crippen LogP contribution in [-0.2, 0) is 10.0 Å². The van der Waals surface area contributed by atoms with Gasteiger partial charge in [-0.3, -0.25) is 10.1 Å². The Morgan fingerprint density at radius 1 is 1.59 bits per heavy atom. The van der Waals surface area contributed by atoms with Crippen LogP contribution in [0.1, 0.15) is 0 Å². The quantitative estimate of drug-likeness (QED) is 0.447. The highest BCUT2D eigenvalue weighted by Crippen LogP contribution is 2.21. The van der Waals surface area contributed by atoms with E-state index in [1.165, 1.54) is 0 Å². The minimum atomic E-state index is -3.93. The summed E-state index contributed by atoms with van der Waals surface area (Å²) in [6.45, 7) is -0.579. The van der Waals surface area contributed by atoms with Crippen molar-refractivity contribution in [3.63, 3.8) is 0 Å². The van der Waals surface area contributed by atoms with Gasteiger partial charge in [-0.15, -0.1) is 0 Å². The molecule has 0 aliphatic rings. The summed E-state index contributed by atoms with van der Waals surface area (Å²) in [5, 5.41) is 19.0. The second-order valence-corrected chi connectivity index (χ2v) is 4.72. The molecule has 17 heavy (non-hydrogen) atoms. The molecular weight excluding hydrogens is 252 g/mol. The summed E-state index contributed by atoms with van der Waals surface area (Å²) in [6, 6.07) is 0.808. The smallest absolute Gasteiger partial charge is 0.312 e. The zero-order chi connectivity index (χ0) is 13.1. The van der Waals surface area contributed by atoms with Crippen molar-refractivity contribution in [2.45, 2.75) is 4.90 Å². The third-order valence-corrected chi connectivity index (χ3v) is 3.21. The fourth-order valence-corrected chi connectivity index (χ4v) is 1.99. The maximum atomic E-state index is 11.6. The van der Waals surface area contributed by atoms with Crippen LogP contribution in [0.4, 0.5) is 11.5 Å². The van der Waals surface area contributed by atoms with Gasteiger partial charge >= 0.3 is 5.69 Å². The molecule has 0 aliphatic carbocycles. The minimum Gasteiger partial charge on any atom is -0.395 e. The van der Waals surface area contributed by atoms with Gasteiger partial charge in [0, 0.05) is 18.8 Å². The topological polar surface area (TPSA) is 148 Å². The van der Waals surface area contributed by atoms with E-state index in [1.807, 2.05) is 4.72 Å². The number of sulfonamides is 1. The molecule has 1 heterocycles. The highest BCUT2D eigenvalue weighted by atomic mass is 32.2. The SMILES string of the molecule is Nc1ncc(S(=O)(=O)NCCO)cc1[N+](=O)[O-]. The van der Waals surface area contributed by atoms with Crippen LogP contribution in [0.15, 0.2) is 17.2 Å². The van der Waals surface area contributed by atoms with Crippen molar-refractivity contribution in [1.82, 2.24) is 9.71 Å². The van der Waals surface area contributed by atoms with Crippen molar-refractivity contribution < 1.29 is 18.4 Å². The predicted octanol–water partition coefficient (Wildman–Crippen LogP) is -1.16. The third-order valence-electron chi connectivity index (χ3n) is 1.78. The highest BCUT2D eigenvalue weighted by Gasteiger charge is 2.20. The number of nitro groups is 1. The van der Waals surface area contributed by atoms with E-state index in [0.717, 1.165) is 12.3 Å². The summed E-state index contributed by atoms with van der Waals surface area (Å²) in [7, 11) is -3.93. The van der Waals surface area contributed by atoms with Gasteiger partial charge in [-0.05, 0) is 0 Å². The molecule has 94 valence electrons. The van der Waals surface area contributed by atoms with Gasteiger partial charge in [0.1, 0.15) is 4.90 Å². The van der Waals surface area contributed by atoms with Crippen molar-refractivity contribution in [1.29, 1.82) is 0 Å². The molecule has 4 N–H and O–H groups in total. The van der Waals surface area contributed by atoms with E-state index in [-0.39, 0.29) is 23.9 Å². The molecule has 0 fully saturated rings. The Kier molecular flexibility index (Phi) is 3.93. The first-order chi connectivity index (χ1) is 7.88. The average molecular weight is 262 g/mol. The van der Waals surface area contributed by atoms with Crippen molar-refractivity contribution in [2.75, 3.05) is 18.9 Å². The molecular formula is C7H10N4O5S. The van der Waals surface area contributed by atoms with E-state index >= 15 is 0 Å². The highest BCUT2D eigenvalue weighted by molar-refractivity contribution is 7.89. The molecule has 0 bridgehead atoms. The summed E-state index contributed by atoms with van der Waals surface area (Å²) < 4.78 is 25.1. The van der Waals surface area contributed by atoms with Crippen LogP contribution in [0.3, 0.4) is 0 Å². The molecule has 0 saturated heterocycles. The Bertz CT molecular complexity index is 529. The number of rotatable bonds is 5. The monoisotopic (exact) mass is 262 g/mol. The van der Waals surface area contributed by atoms with Gasteiger partial charge in [0.05, 0.1) is 11.5 Å². The molecule has 0 atom stereocenters. The average Bonchev–Trinajstić information content (AvgIpc) is 2.26. The first-order valence-corrected chi connectivity index (χ1v) is 5.87. The Balaban J connectivity index is 3.16. The number of hydrogen-bond donors (Lipinski definition) is 3. The molecule has 1 aromatic rings. The van der Waals surface area contributed by atoms with E-state index in [2.05, 4.69) is 4.98 Å². The van der Waals surface area contributed by atoms with Crippen LogP contribution in [-0.4, -0.2) is 36.6 Å². The maximum Gasteiger partial charge on any atom is 0.312 e. The number of nitrogen functional groups attached to an aromatic ring is 1. The molecule has 0 spiro atoms. The number of hydrogen-bond acceptors (Lipinski definition) is 7. The van der Waals surface area contributed by atoms with Gasteiger partial charge in [-0.25, -0.2) is 18.1 Å². The molecule has 1 aromatic heterocycles. The second-order valence-electron chi connectivity index (χ2n) is 2.95. The minimum absolute atomic E-state index is 0.194. The number of nitrogens with zero attached hydrogens (tertiary/aromatic N) is 2. The van der Waals surface area contributed by atoms with Crippen LogP contribution >= 0.6 is 0 Å². The lowest BCUT2D eigenvalue weighted by Gasteiger charge is -2.05. The van der Waals surface area contributed by atoms with Gasteiger partial charge < -0.3 is 10.8 Å². The predicted molar refractivity (Wildman–Crippen MR) is 57.6 cm³/mol. The number of aliphatic hydroxyl groups excluding tert-OH is 1. The molecule has 0 aromatic carbocycles. The number of aliphatic hydroxyl groups is 1. The van der Waals surface area contributed by atoms with E-state index in [0.29, 0.717) is 0 Å². The van der Waals surface area contributed by atoms with Gasteiger partial charge in [0.25, 0.3) is 0 Å². The Hall–Kier alpha value is -1.78. The lowest BCUT2D eigenvalue weighted by atomic mass is 10.4. The van der Waals surface area contributed by atoms with Gasteiger partial charge in [-0.1, -0.05) is 0 Å². The number of aromatic nitrogens is 1. The number of anilines is 1. The van der Waals surface area contributed by atoms with Crippen molar-refractivity contribution >= 4 is 21.5 Å². The van der Waals surface area contributed by atoms with E-state index in [9.17, 15) is 18.5 Å². The lowest BCUT2D eigenvalue weighted by Crippen LogP contribution is -2.26. The number of nitrogens with two attached hydrogens (primary N) is 1. The fourth-order valence-electron chi connectivity index (χ4n) is 1.00. The maximum absolute atomic E-state index is 11.6. The molecule has 10 heteroatoms. The first kappa shape index (κ1) is 13.3. The Labute approximate surface area is 96.5 Å². The first-order valence-electron chi connectivity index (χ1n) is 4.39. The van der Waals surface area contributed by atoms with Crippen LogP contribution in [0, 0.1) is 10.1 Å². The molecule has 0 unspecified atom stereocenters. The normalized spacial score (nSPS) is 11.4. The van der Waals surface area contributed by atoms with Crippen molar-refractivity contribution in [3.8, 4) is 0 Å². The fraction of sp³-hybridized carbons (Fsp3) is 0.286. The standard InChI is InChI=1S/C7H10N4O5S/c8-7-6(11(13)14)3-5(4-9-7)17(15,16)10-1-2-12/h3-4,10,12H,1-2H2,(H2,8,9). The molecule has 9 nitrogen and oxygen atoms in total. The molecule has 0 saturated carbocycles. The Morgan fingerprint density at radius 2 is 2.24 bits per heavy atom. The molecule has 1 rings (SSSR count). The van der Waals surface area contributed by atoms with Crippen LogP contribution in [0.25, 0.3) is 0 Å². The number of nitrogens with one attached hydrogen (secondary N) is 1. The summed E-state index contributed by atoms with van der Waals surface area (Å²) in [6.07, 6.45) is 0.905. The Morgan fingerprint density at radius 3 is 2.76 bits per heavy atom. The summed E-state index contributed by atoms with van der Waals surface area (Å²) in [5.74, 6) is -0.365. The lowest BCUT2D eigenvalue weighted by molar-refractivity contribution is -0.384. The molecule has 0 radical (unpaired) electrons. The zero-order valence-electron chi connectivity index (χ0n) is 8.53. The van der Waals surface area contributed by atoms with Gasteiger partial charge in [0.2, 0.25) is 15.8 Å². The van der Waals surface area contributed by atoms with E-state index < -0.39 is 20.6 Å².